The van der Waals surface area contributed by atoms with Gasteiger partial charge in [0, 0.05) is 18.8 Å². The lowest BCUT2D eigenvalue weighted by Crippen LogP contribution is -2.12. The van der Waals surface area contributed by atoms with Crippen molar-refractivity contribution in [2.24, 2.45) is 7.05 Å². The van der Waals surface area contributed by atoms with Crippen molar-refractivity contribution in [1.29, 1.82) is 0 Å². The molecule has 3 heteroatoms. The maximum Gasteiger partial charge on any atom is 0.0540 e. The fourth-order valence-electron chi connectivity index (χ4n) is 1.02. The Morgan fingerprint density at radius 2 is 2.55 bits per heavy atom. The molecule has 1 rings (SSSR count). The molecule has 1 atom stereocenters. The van der Waals surface area contributed by atoms with Crippen molar-refractivity contribution in [3.05, 3.63) is 30.6 Å². The number of hydrogen-bond acceptors (Lipinski definition) is 2. The molecule has 0 aliphatic rings. The third kappa shape index (κ3) is 1.68. The minimum absolute atomic E-state index is 0.212. The maximum atomic E-state index is 4.06. The lowest BCUT2D eigenvalue weighted by atomic mass is 10.2. The first-order valence-corrected chi connectivity index (χ1v) is 3.56. The highest BCUT2D eigenvalue weighted by Crippen LogP contribution is 2.10. The Labute approximate surface area is 66.7 Å². The van der Waals surface area contributed by atoms with Crippen LogP contribution in [0.2, 0.25) is 0 Å². The van der Waals surface area contributed by atoms with Gasteiger partial charge in [0.05, 0.1) is 12.2 Å². The van der Waals surface area contributed by atoms with Crippen molar-refractivity contribution < 1.29 is 0 Å². The molecule has 0 spiro atoms. The molecule has 1 N–H and O–H groups in total. The van der Waals surface area contributed by atoms with Crippen LogP contribution < -0.4 is 5.32 Å². The molecule has 0 bridgehead atoms. The molecule has 1 aromatic rings. The molecule has 1 aromatic heterocycles. The third-order valence-corrected chi connectivity index (χ3v) is 1.63. The van der Waals surface area contributed by atoms with Crippen LogP contribution >= 0.6 is 0 Å². The number of likely N-dealkylation sites (N-methyl/N-ethyl adjacent to an activating group) is 1. The summed E-state index contributed by atoms with van der Waals surface area (Å²) < 4.78 is 1.78. The van der Waals surface area contributed by atoms with Crippen molar-refractivity contribution in [3.8, 4) is 0 Å². The second-order valence-electron chi connectivity index (χ2n) is 2.45. The SMILES string of the molecule is C=CC(NC)c1cnn(C)c1. The lowest BCUT2D eigenvalue weighted by Gasteiger charge is -2.06. The van der Waals surface area contributed by atoms with Gasteiger partial charge in [-0.25, -0.2) is 0 Å². The predicted octanol–water partition coefficient (Wildman–Crippen LogP) is 0.867. The standard InChI is InChI=1S/C8H13N3/c1-4-8(9-2)7-5-10-11(3)6-7/h4-6,8-9H,1H2,2-3H3. The van der Waals surface area contributed by atoms with Crippen LogP contribution in [-0.2, 0) is 7.05 Å². The summed E-state index contributed by atoms with van der Waals surface area (Å²) in [5.74, 6) is 0. The van der Waals surface area contributed by atoms with Crippen LogP contribution in [0.25, 0.3) is 0 Å². The number of nitrogens with zero attached hydrogens (tertiary/aromatic N) is 2. The molecule has 0 aliphatic carbocycles. The van der Waals surface area contributed by atoms with Crippen LogP contribution in [0.4, 0.5) is 0 Å². The zero-order valence-electron chi connectivity index (χ0n) is 6.91. The molecule has 1 heterocycles. The number of aromatic nitrogens is 2. The summed E-state index contributed by atoms with van der Waals surface area (Å²) in [4.78, 5) is 0. The second-order valence-corrected chi connectivity index (χ2v) is 2.45. The second kappa shape index (κ2) is 3.34. The minimum Gasteiger partial charge on any atom is -0.310 e. The van der Waals surface area contributed by atoms with Gasteiger partial charge in [-0.15, -0.1) is 6.58 Å². The van der Waals surface area contributed by atoms with Crippen molar-refractivity contribution >= 4 is 0 Å². The summed E-state index contributed by atoms with van der Waals surface area (Å²) in [5, 5.41) is 7.17. The van der Waals surface area contributed by atoms with Gasteiger partial charge < -0.3 is 5.32 Å². The summed E-state index contributed by atoms with van der Waals surface area (Å²) in [6.45, 7) is 3.72. The van der Waals surface area contributed by atoms with E-state index in [1.165, 1.54) is 0 Å². The van der Waals surface area contributed by atoms with Gasteiger partial charge in [0.15, 0.2) is 0 Å². The van der Waals surface area contributed by atoms with E-state index in [2.05, 4.69) is 17.0 Å². The largest absolute Gasteiger partial charge is 0.310 e. The Hall–Kier alpha value is -1.09. The first-order valence-electron chi connectivity index (χ1n) is 3.56. The third-order valence-electron chi connectivity index (χ3n) is 1.63. The average molecular weight is 151 g/mol. The Balaban J connectivity index is 2.81. The van der Waals surface area contributed by atoms with Crippen LogP contribution in [0.3, 0.4) is 0 Å². The Bertz CT molecular complexity index is 239. The van der Waals surface area contributed by atoms with Gasteiger partial charge in [0.2, 0.25) is 0 Å². The van der Waals surface area contributed by atoms with Gasteiger partial charge in [-0.3, -0.25) is 4.68 Å². The summed E-state index contributed by atoms with van der Waals surface area (Å²) in [5.41, 5.74) is 1.14. The highest BCUT2D eigenvalue weighted by molar-refractivity contribution is 5.15. The van der Waals surface area contributed by atoms with Crippen molar-refractivity contribution in [2.75, 3.05) is 7.05 Å². The van der Waals surface area contributed by atoms with Crippen molar-refractivity contribution in [3.63, 3.8) is 0 Å². The summed E-state index contributed by atoms with van der Waals surface area (Å²) in [7, 11) is 3.80. The van der Waals surface area contributed by atoms with Gasteiger partial charge in [-0.1, -0.05) is 6.08 Å². The smallest absolute Gasteiger partial charge is 0.0540 e. The topological polar surface area (TPSA) is 29.9 Å². The number of nitrogens with one attached hydrogen (secondary N) is 1. The first-order chi connectivity index (χ1) is 5.27. The number of hydrogen-bond donors (Lipinski definition) is 1. The highest BCUT2D eigenvalue weighted by Gasteiger charge is 2.04. The molecule has 3 nitrogen and oxygen atoms in total. The van der Waals surface area contributed by atoms with Gasteiger partial charge >= 0.3 is 0 Å². The first kappa shape index (κ1) is 8.01. The van der Waals surface area contributed by atoms with Gasteiger partial charge in [-0.05, 0) is 7.05 Å². The average Bonchev–Trinajstić information content (AvgIpc) is 2.39. The molecule has 11 heavy (non-hydrogen) atoms. The number of aryl methyl sites for hydroxylation is 1. The Morgan fingerprint density at radius 1 is 1.82 bits per heavy atom. The van der Waals surface area contributed by atoms with E-state index >= 15 is 0 Å². The van der Waals surface area contributed by atoms with Gasteiger partial charge in [0.1, 0.15) is 0 Å². The van der Waals surface area contributed by atoms with E-state index in [4.69, 9.17) is 0 Å². The van der Waals surface area contributed by atoms with Crippen LogP contribution in [0.5, 0.6) is 0 Å². The minimum atomic E-state index is 0.212. The Morgan fingerprint density at radius 3 is 2.91 bits per heavy atom. The van der Waals surface area contributed by atoms with Crippen LogP contribution in [0.1, 0.15) is 11.6 Å². The fourth-order valence-corrected chi connectivity index (χ4v) is 1.02. The quantitative estimate of drug-likeness (QED) is 0.649. The molecule has 0 radical (unpaired) electrons. The predicted molar refractivity (Wildman–Crippen MR) is 45.2 cm³/mol. The zero-order chi connectivity index (χ0) is 8.27. The van der Waals surface area contributed by atoms with E-state index in [-0.39, 0.29) is 6.04 Å². The van der Waals surface area contributed by atoms with E-state index in [0.717, 1.165) is 5.56 Å². The molecule has 60 valence electrons. The zero-order valence-corrected chi connectivity index (χ0v) is 6.91. The van der Waals surface area contributed by atoms with E-state index in [0.29, 0.717) is 0 Å². The van der Waals surface area contributed by atoms with E-state index < -0.39 is 0 Å². The molecule has 1 unspecified atom stereocenters. The fraction of sp³-hybridized carbons (Fsp3) is 0.375. The van der Waals surface area contributed by atoms with Gasteiger partial charge in [-0.2, -0.15) is 5.10 Å². The Kier molecular flexibility index (Phi) is 2.44. The van der Waals surface area contributed by atoms with Crippen LogP contribution in [-0.4, -0.2) is 16.8 Å². The summed E-state index contributed by atoms with van der Waals surface area (Å²) >= 11 is 0. The molecule has 0 aliphatic heterocycles. The lowest BCUT2D eigenvalue weighted by molar-refractivity contribution is 0.712. The molecule has 0 saturated carbocycles. The van der Waals surface area contributed by atoms with E-state index in [1.807, 2.05) is 32.6 Å². The highest BCUT2D eigenvalue weighted by atomic mass is 15.2. The van der Waals surface area contributed by atoms with Crippen LogP contribution in [0.15, 0.2) is 25.0 Å². The number of rotatable bonds is 3. The van der Waals surface area contributed by atoms with Crippen molar-refractivity contribution in [2.45, 2.75) is 6.04 Å². The molecule has 0 saturated heterocycles. The van der Waals surface area contributed by atoms with E-state index in [9.17, 15) is 0 Å². The van der Waals surface area contributed by atoms with Gasteiger partial charge in [0.25, 0.3) is 0 Å². The molecule has 0 aromatic carbocycles. The van der Waals surface area contributed by atoms with E-state index in [1.54, 1.807) is 4.68 Å². The summed E-state index contributed by atoms with van der Waals surface area (Å²) in [6.07, 6.45) is 5.67. The molecular weight excluding hydrogens is 138 g/mol. The molecule has 0 fully saturated rings. The van der Waals surface area contributed by atoms with Crippen molar-refractivity contribution in [1.82, 2.24) is 15.1 Å². The van der Waals surface area contributed by atoms with Crippen LogP contribution in [0, 0.1) is 0 Å². The normalized spacial score (nSPS) is 12.9. The molecule has 0 amide bonds. The monoisotopic (exact) mass is 151 g/mol. The summed E-state index contributed by atoms with van der Waals surface area (Å²) in [6, 6.07) is 0.212. The molecular formula is C8H13N3. The maximum absolute atomic E-state index is 4.06.